The molecule has 1 fully saturated rings. The molecule has 0 unspecified atom stereocenters. The zero-order valence-electron chi connectivity index (χ0n) is 20.6. The largest absolute Gasteiger partial charge is 0.368 e. The van der Waals surface area contributed by atoms with Gasteiger partial charge in [0.15, 0.2) is 5.82 Å². The number of aromatic amines is 1. The molecule has 0 saturated carbocycles. The molecule has 4 aromatic rings. The van der Waals surface area contributed by atoms with Gasteiger partial charge in [0, 0.05) is 37.8 Å². The minimum atomic E-state index is -0.340. The number of benzene rings is 1. The van der Waals surface area contributed by atoms with E-state index in [2.05, 4.69) is 42.1 Å². The van der Waals surface area contributed by atoms with E-state index in [0.29, 0.717) is 23.0 Å². The van der Waals surface area contributed by atoms with Crippen molar-refractivity contribution >= 4 is 17.4 Å². The second-order valence-corrected chi connectivity index (χ2v) is 9.24. The van der Waals surface area contributed by atoms with Crippen molar-refractivity contribution in [1.29, 1.82) is 0 Å². The predicted octanol–water partition coefficient (Wildman–Crippen LogP) is 4.06. The molecule has 1 saturated heterocycles. The Morgan fingerprint density at radius 2 is 1.75 bits per heavy atom. The molecule has 1 aliphatic rings. The Kier molecular flexibility index (Phi) is 6.51. The van der Waals surface area contributed by atoms with E-state index in [9.17, 15) is 9.18 Å². The number of imidazole rings is 2. The normalized spacial score (nSPS) is 14.4. The molecule has 1 amide bonds. The molecule has 1 aliphatic heterocycles. The van der Waals surface area contributed by atoms with Crippen LogP contribution in [0.1, 0.15) is 30.4 Å². The smallest absolute Gasteiger partial charge is 0.274 e. The molecule has 0 atom stereocenters. The number of piperazine rings is 1. The van der Waals surface area contributed by atoms with Crippen LogP contribution in [0.4, 0.5) is 15.9 Å². The average Bonchev–Trinajstić information content (AvgIpc) is 3.53. The lowest BCUT2D eigenvalue weighted by atomic mass is 10.1. The summed E-state index contributed by atoms with van der Waals surface area (Å²) in [6, 6.07) is 10.0. The Morgan fingerprint density at radius 1 is 1.00 bits per heavy atom. The highest BCUT2D eigenvalue weighted by atomic mass is 19.1. The van der Waals surface area contributed by atoms with Crippen molar-refractivity contribution in [3.8, 4) is 22.8 Å². The van der Waals surface area contributed by atoms with Crippen LogP contribution in [0.25, 0.3) is 22.8 Å². The SMILES string of the molecule is CC(C)n1cnc(-c2ccc(F)cc2)c1-c1ncc(C(=O)Nc2ccc(N3CCN(C)CC3)cn2)[nH]1. The average molecular weight is 489 g/mol. The number of hydrogen-bond acceptors (Lipinski definition) is 6. The van der Waals surface area contributed by atoms with Crippen LogP contribution in [-0.4, -0.2) is 68.5 Å². The first-order chi connectivity index (χ1) is 17.4. The monoisotopic (exact) mass is 488 g/mol. The Hall–Kier alpha value is -4.05. The van der Waals surface area contributed by atoms with Crippen LogP contribution in [0.5, 0.6) is 0 Å². The molecular weight excluding hydrogens is 459 g/mol. The molecule has 0 aliphatic carbocycles. The maximum absolute atomic E-state index is 13.5. The highest BCUT2D eigenvalue weighted by Crippen LogP contribution is 2.32. The molecule has 3 aromatic heterocycles. The van der Waals surface area contributed by atoms with Gasteiger partial charge in [-0.05, 0) is 57.3 Å². The number of halogens is 1. The summed E-state index contributed by atoms with van der Waals surface area (Å²) in [6.45, 7) is 8.00. The van der Waals surface area contributed by atoms with Crippen molar-refractivity contribution in [1.82, 2.24) is 29.4 Å². The number of pyridine rings is 1. The predicted molar refractivity (Wildman–Crippen MR) is 137 cm³/mol. The van der Waals surface area contributed by atoms with E-state index < -0.39 is 0 Å². The Bertz CT molecular complexity index is 1340. The van der Waals surface area contributed by atoms with Gasteiger partial charge in [0.05, 0.1) is 30.1 Å². The van der Waals surface area contributed by atoms with Crippen LogP contribution < -0.4 is 10.2 Å². The summed E-state index contributed by atoms with van der Waals surface area (Å²) in [5.74, 6) is 0.315. The number of amides is 1. The van der Waals surface area contributed by atoms with Crippen molar-refractivity contribution in [3.05, 3.63) is 66.6 Å². The number of nitrogens with one attached hydrogen (secondary N) is 2. The number of carbonyl (C=O) groups excluding carboxylic acids is 1. The van der Waals surface area contributed by atoms with E-state index in [4.69, 9.17) is 0 Å². The summed E-state index contributed by atoms with van der Waals surface area (Å²) in [6.07, 6.45) is 5.01. The molecule has 1 aromatic carbocycles. The lowest BCUT2D eigenvalue weighted by molar-refractivity contribution is 0.102. The van der Waals surface area contributed by atoms with Crippen molar-refractivity contribution < 1.29 is 9.18 Å². The summed E-state index contributed by atoms with van der Waals surface area (Å²) < 4.78 is 15.4. The number of likely N-dealkylation sites (N-methyl/N-ethyl adjacent to an activating group) is 1. The number of hydrogen-bond donors (Lipinski definition) is 2. The molecule has 0 bridgehead atoms. The molecule has 9 nitrogen and oxygen atoms in total. The van der Waals surface area contributed by atoms with Crippen molar-refractivity contribution in [2.24, 2.45) is 0 Å². The Balaban J connectivity index is 1.34. The fourth-order valence-electron chi connectivity index (χ4n) is 4.26. The molecule has 2 N–H and O–H groups in total. The highest BCUT2D eigenvalue weighted by Gasteiger charge is 2.21. The first-order valence-electron chi connectivity index (χ1n) is 12.0. The fourth-order valence-corrected chi connectivity index (χ4v) is 4.26. The van der Waals surface area contributed by atoms with Crippen LogP contribution in [0.3, 0.4) is 0 Å². The maximum Gasteiger partial charge on any atom is 0.274 e. The number of H-pyrrole nitrogens is 1. The Labute approximate surface area is 209 Å². The number of nitrogens with zero attached hydrogens (tertiary/aromatic N) is 6. The standard InChI is InChI=1S/C26H29FN8O/c1-17(2)35-16-30-23(18-4-6-19(27)7-5-18)24(35)25-29-15-21(31-25)26(36)32-22-9-8-20(14-28-22)34-12-10-33(3)11-13-34/h4-9,14-17H,10-13H2,1-3H3,(H,29,31)(H,28,32,36). The molecule has 36 heavy (non-hydrogen) atoms. The van der Waals surface area contributed by atoms with E-state index in [1.54, 1.807) is 24.7 Å². The molecule has 5 rings (SSSR count). The zero-order valence-corrected chi connectivity index (χ0v) is 20.6. The second-order valence-electron chi connectivity index (χ2n) is 9.24. The summed E-state index contributed by atoms with van der Waals surface area (Å²) >= 11 is 0. The lowest BCUT2D eigenvalue weighted by Crippen LogP contribution is -2.44. The lowest BCUT2D eigenvalue weighted by Gasteiger charge is -2.33. The molecular formula is C26H29FN8O. The number of anilines is 2. The van der Waals surface area contributed by atoms with Crippen molar-refractivity contribution in [2.75, 3.05) is 43.4 Å². The van der Waals surface area contributed by atoms with Gasteiger partial charge in [-0.15, -0.1) is 0 Å². The van der Waals surface area contributed by atoms with Crippen LogP contribution in [0.2, 0.25) is 0 Å². The zero-order chi connectivity index (χ0) is 25.2. The first kappa shape index (κ1) is 23.7. The molecule has 10 heteroatoms. The maximum atomic E-state index is 13.5. The van der Waals surface area contributed by atoms with E-state index in [-0.39, 0.29) is 17.8 Å². The third-order valence-corrected chi connectivity index (χ3v) is 6.37. The van der Waals surface area contributed by atoms with Gasteiger partial charge in [-0.2, -0.15) is 0 Å². The van der Waals surface area contributed by atoms with Crippen LogP contribution >= 0.6 is 0 Å². The summed E-state index contributed by atoms with van der Waals surface area (Å²) in [7, 11) is 2.12. The van der Waals surface area contributed by atoms with Gasteiger partial charge in [0.25, 0.3) is 5.91 Å². The Morgan fingerprint density at radius 3 is 2.42 bits per heavy atom. The van der Waals surface area contributed by atoms with Gasteiger partial charge in [0.2, 0.25) is 0 Å². The van der Waals surface area contributed by atoms with E-state index in [0.717, 1.165) is 43.1 Å². The molecule has 0 radical (unpaired) electrons. The van der Waals surface area contributed by atoms with Gasteiger partial charge in [0.1, 0.15) is 23.0 Å². The van der Waals surface area contributed by atoms with E-state index in [1.165, 1.54) is 18.3 Å². The highest BCUT2D eigenvalue weighted by molar-refractivity contribution is 6.02. The molecule has 0 spiro atoms. The van der Waals surface area contributed by atoms with Gasteiger partial charge in [-0.1, -0.05) is 0 Å². The minimum Gasteiger partial charge on any atom is -0.368 e. The van der Waals surface area contributed by atoms with E-state index >= 15 is 0 Å². The quantitative estimate of drug-likeness (QED) is 0.425. The summed E-state index contributed by atoms with van der Waals surface area (Å²) in [5, 5.41) is 2.83. The van der Waals surface area contributed by atoms with Crippen LogP contribution in [-0.2, 0) is 0 Å². The van der Waals surface area contributed by atoms with Crippen LogP contribution in [0.15, 0.2) is 55.1 Å². The van der Waals surface area contributed by atoms with Crippen molar-refractivity contribution in [2.45, 2.75) is 19.9 Å². The van der Waals surface area contributed by atoms with Crippen LogP contribution in [0, 0.1) is 5.82 Å². The fraction of sp³-hybridized carbons (Fsp3) is 0.308. The third-order valence-electron chi connectivity index (χ3n) is 6.37. The topological polar surface area (TPSA) is 95.0 Å². The van der Waals surface area contributed by atoms with Crippen molar-refractivity contribution in [3.63, 3.8) is 0 Å². The van der Waals surface area contributed by atoms with Gasteiger partial charge in [-0.25, -0.2) is 19.3 Å². The van der Waals surface area contributed by atoms with Gasteiger partial charge in [-0.3, -0.25) is 4.79 Å². The number of rotatable bonds is 6. The molecule has 4 heterocycles. The second kappa shape index (κ2) is 9.90. The number of aromatic nitrogens is 5. The third kappa shape index (κ3) is 4.85. The molecule has 186 valence electrons. The first-order valence-corrected chi connectivity index (χ1v) is 12.0. The number of carbonyl (C=O) groups is 1. The van der Waals surface area contributed by atoms with Gasteiger partial charge >= 0.3 is 0 Å². The van der Waals surface area contributed by atoms with Gasteiger partial charge < -0.3 is 24.7 Å². The van der Waals surface area contributed by atoms with E-state index in [1.807, 2.05) is 30.5 Å². The summed E-state index contributed by atoms with van der Waals surface area (Å²) in [4.78, 5) is 34.1. The summed E-state index contributed by atoms with van der Waals surface area (Å²) in [5.41, 5.74) is 3.49. The minimum absolute atomic E-state index is 0.104.